The molecule has 0 fully saturated rings. The van der Waals surface area contributed by atoms with Crippen molar-refractivity contribution in [3.05, 3.63) is 0 Å². The van der Waals surface area contributed by atoms with Crippen molar-refractivity contribution in [2.45, 2.75) is 39.7 Å². The van der Waals surface area contributed by atoms with Crippen molar-refractivity contribution in [3.63, 3.8) is 0 Å². The van der Waals surface area contributed by atoms with Crippen molar-refractivity contribution in [1.82, 2.24) is 0 Å². The first-order chi connectivity index (χ1) is 5.54. The highest BCUT2D eigenvalue weighted by Gasteiger charge is 2.28. The fourth-order valence-electron chi connectivity index (χ4n) is 1.58. The summed E-state index contributed by atoms with van der Waals surface area (Å²) >= 11 is 0. The Kier molecular flexibility index (Phi) is 2.89. The van der Waals surface area contributed by atoms with E-state index in [0.717, 1.165) is 19.4 Å². The first-order valence-corrected chi connectivity index (χ1v) is 4.75. The molecule has 0 amide bonds. The number of nitrogens with zero attached hydrogens (tertiary/aromatic N) is 1. The Balaban J connectivity index is 2.58. The van der Waals surface area contributed by atoms with Gasteiger partial charge in [0, 0.05) is 0 Å². The Hall–Kier alpha value is -0.370. The lowest BCUT2D eigenvalue weighted by Gasteiger charge is -2.32. The number of hydrogen-bond acceptors (Lipinski definition) is 2. The molecule has 12 heavy (non-hydrogen) atoms. The first-order valence-electron chi connectivity index (χ1n) is 4.75. The molecule has 0 bridgehead atoms. The van der Waals surface area contributed by atoms with Gasteiger partial charge >= 0.3 is 0 Å². The van der Waals surface area contributed by atoms with Gasteiger partial charge in [-0.2, -0.15) is 0 Å². The lowest BCUT2D eigenvalue weighted by atomic mass is 9.79. The zero-order valence-electron chi connectivity index (χ0n) is 8.38. The predicted molar refractivity (Wildman–Crippen MR) is 53.5 cm³/mol. The van der Waals surface area contributed by atoms with Gasteiger partial charge in [0.15, 0.2) is 0 Å². The zero-order valence-corrected chi connectivity index (χ0v) is 8.38. The van der Waals surface area contributed by atoms with E-state index in [1.165, 1.54) is 0 Å². The average molecular weight is 168 g/mol. The molecule has 1 aliphatic rings. The third-order valence-corrected chi connectivity index (χ3v) is 2.61. The zero-order chi connectivity index (χ0) is 9.19. The Morgan fingerprint density at radius 2 is 2.17 bits per heavy atom. The van der Waals surface area contributed by atoms with E-state index < -0.39 is 0 Å². The van der Waals surface area contributed by atoms with Crippen molar-refractivity contribution in [1.29, 1.82) is 0 Å². The van der Waals surface area contributed by atoms with Gasteiger partial charge in [0.05, 0.1) is 6.04 Å². The van der Waals surface area contributed by atoms with Gasteiger partial charge < -0.3 is 5.73 Å². The molecule has 0 saturated carbocycles. The number of hydrogen-bond donors (Lipinski definition) is 1. The molecule has 1 heterocycles. The molecule has 0 radical (unpaired) electrons. The second kappa shape index (κ2) is 3.56. The highest BCUT2D eigenvalue weighted by molar-refractivity contribution is 5.59. The second-order valence-corrected chi connectivity index (χ2v) is 4.79. The summed E-state index contributed by atoms with van der Waals surface area (Å²) in [5.74, 6) is 0.659. The molecule has 0 saturated heterocycles. The lowest BCUT2D eigenvalue weighted by molar-refractivity contribution is 0.266. The summed E-state index contributed by atoms with van der Waals surface area (Å²) in [6.45, 7) is 7.54. The van der Waals surface area contributed by atoms with Gasteiger partial charge in [-0.25, -0.2) is 0 Å². The van der Waals surface area contributed by atoms with Gasteiger partial charge in [0.1, 0.15) is 0 Å². The molecule has 2 atom stereocenters. The SMILES string of the molecule is CC(C)(C)C1CC(CN)CC=N1. The highest BCUT2D eigenvalue weighted by atomic mass is 14.8. The summed E-state index contributed by atoms with van der Waals surface area (Å²) in [7, 11) is 0. The summed E-state index contributed by atoms with van der Waals surface area (Å²) < 4.78 is 0. The van der Waals surface area contributed by atoms with Crippen molar-refractivity contribution >= 4 is 6.21 Å². The maximum Gasteiger partial charge on any atom is 0.0547 e. The summed E-state index contributed by atoms with van der Waals surface area (Å²) in [5, 5.41) is 0. The van der Waals surface area contributed by atoms with E-state index in [4.69, 9.17) is 5.73 Å². The van der Waals surface area contributed by atoms with E-state index in [1.54, 1.807) is 0 Å². The van der Waals surface area contributed by atoms with Crippen LogP contribution in [0.4, 0.5) is 0 Å². The van der Waals surface area contributed by atoms with E-state index in [0.29, 0.717) is 17.4 Å². The molecular formula is C10H20N2. The summed E-state index contributed by atoms with van der Waals surface area (Å²) in [6, 6.07) is 0.472. The summed E-state index contributed by atoms with van der Waals surface area (Å²) in [5.41, 5.74) is 5.94. The minimum Gasteiger partial charge on any atom is -0.330 e. The third kappa shape index (κ3) is 2.31. The molecule has 0 spiro atoms. The smallest absolute Gasteiger partial charge is 0.0547 e. The van der Waals surface area contributed by atoms with E-state index in [2.05, 4.69) is 32.0 Å². The minimum absolute atomic E-state index is 0.296. The van der Waals surface area contributed by atoms with Crippen LogP contribution in [0.3, 0.4) is 0 Å². The fraction of sp³-hybridized carbons (Fsp3) is 0.900. The van der Waals surface area contributed by atoms with Crippen LogP contribution in [0.2, 0.25) is 0 Å². The molecule has 1 aliphatic heterocycles. The molecule has 2 heteroatoms. The van der Waals surface area contributed by atoms with Crippen molar-refractivity contribution in [2.75, 3.05) is 6.54 Å². The minimum atomic E-state index is 0.296. The molecule has 2 nitrogen and oxygen atoms in total. The quantitative estimate of drug-likeness (QED) is 0.637. The van der Waals surface area contributed by atoms with Gasteiger partial charge in [0.2, 0.25) is 0 Å². The largest absolute Gasteiger partial charge is 0.330 e. The van der Waals surface area contributed by atoms with Gasteiger partial charge in [-0.1, -0.05) is 20.8 Å². The maximum atomic E-state index is 5.65. The van der Waals surface area contributed by atoms with E-state index in [9.17, 15) is 0 Å². The van der Waals surface area contributed by atoms with E-state index in [1.807, 2.05) is 0 Å². The predicted octanol–water partition coefficient (Wildman–Crippen LogP) is 1.84. The van der Waals surface area contributed by atoms with Crippen molar-refractivity contribution in [3.8, 4) is 0 Å². The van der Waals surface area contributed by atoms with Crippen LogP contribution in [-0.2, 0) is 0 Å². The van der Waals surface area contributed by atoms with Gasteiger partial charge in [-0.15, -0.1) is 0 Å². The van der Waals surface area contributed by atoms with Crippen LogP contribution < -0.4 is 5.73 Å². The number of aliphatic imine (C=N–C) groups is 1. The Morgan fingerprint density at radius 1 is 1.50 bits per heavy atom. The van der Waals surface area contributed by atoms with Crippen LogP contribution in [0.5, 0.6) is 0 Å². The van der Waals surface area contributed by atoms with Crippen LogP contribution >= 0.6 is 0 Å². The highest BCUT2D eigenvalue weighted by Crippen LogP contribution is 2.30. The molecule has 2 unspecified atom stereocenters. The van der Waals surface area contributed by atoms with Crippen LogP contribution in [0.25, 0.3) is 0 Å². The van der Waals surface area contributed by atoms with Gasteiger partial charge in [-0.05, 0) is 36.9 Å². The normalized spacial score (nSPS) is 30.7. The molecule has 1 rings (SSSR count). The van der Waals surface area contributed by atoms with Crippen LogP contribution in [-0.4, -0.2) is 18.8 Å². The lowest BCUT2D eigenvalue weighted by Crippen LogP contribution is -2.32. The number of rotatable bonds is 1. The molecule has 2 N–H and O–H groups in total. The summed E-state index contributed by atoms with van der Waals surface area (Å²) in [6.07, 6.45) is 4.29. The van der Waals surface area contributed by atoms with Gasteiger partial charge in [-0.3, -0.25) is 4.99 Å². The number of nitrogens with two attached hydrogens (primary N) is 1. The fourth-order valence-corrected chi connectivity index (χ4v) is 1.58. The van der Waals surface area contributed by atoms with E-state index in [-0.39, 0.29) is 0 Å². The second-order valence-electron chi connectivity index (χ2n) is 4.79. The topological polar surface area (TPSA) is 38.4 Å². The van der Waals surface area contributed by atoms with E-state index >= 15 is 0 Å². The average Bonchev–Trinajstić information content (AvgIpc) is 2.03. The molecular weight excluding hydrogens is 148 g/mol. The molecule has 0 aromatic heterocycles. The standard InChI is InChI=1S/C10H20N2/c1-10(2,3)9-6-8(7-11)4-5-12-9/h5,8-9H,4,6-7,11H2,1-3H3. The van der Waals surface area contributed by atoms with Crippen LogP contribution in [0, 0.1) is 11.3 Å². The maximum absolute atomic E-state index is 5.65. The van der Waals surface area contributed by atoms with Gasteiger partial charge in [0.25, 0.3) is 0 Å². The third-order valence-electron chi connectivity index (χ3n) is 2.61. The Bertz CT molecular complexity index is 167. The van der Waals surface area contributed by atoms with Crippen molar-refractivity contribution in [2.24, 2.45) is 22.1 Å². The monoisotopic (exact) mass is 168 g/mol. The van der Waals surface area contributed by atoms with Crippen molar-refractivity contribution < 1.29 is 0 Å². The molecule has 0 aromatic rings. The van der Waals surface area contributed by atoms with Crippen LogP contribution in [0.1, 0.15) is 33.6 Å². The first kappa shape index (κ1) is 9.72. The Labute approximate surface area is 75.3 Å². The molecule has 0 aromatic carbocycles. The summed E-state index contributed by atoms with van der Waals surface area (Å²) in [4.78, 5) is 4.52. The molecule has 0 aliphatic carbocycles. The molecule has 70 valence electrons. The Morgan fingerprint density at radius 3 is 2.67 bits per heavy atom. The van der Waals surface area contributed by atoms with Crippen LogP contribution in [0.15, 0.2) is 4.99 Å².